The topological polar surface area (TPSA) is 53.4 Å². The Bertz CT molecular complexity index is 659. The second-order valence-electron chi connectivity index (χ2n) is 5.12. The van der Waals surface area contributed by atoms with Crippen LogP contribution in [0.5, 0.6) is 0 Å². The highest BCUT2D eigenvalue weighted by Gasteiger charge is 2.26. The molecular formula is C15H15ClN2O2. The summed E-state index contributed by atoms with van der Waals surface area (Å²) in [7, 11) is 0. The van der Waals surface area contributed by atoms with Crippen molar-refractivity contribution in [2.75, 3.05) is 18.0 Å². The van der Waals surface area contributed by atoms with Crippen LogP contribution in [0.2, 0.25) is 5.02 Å². The first-order chi connectivity index (χ1) is 9.65. The number of piperidine rings is 1. The van der Waals surface area contributed by atoms with Gasteiger partial charge in [0.15, 0.2) is 0 Å². The highest BCUT2D eigenvalue weighted by molar-refractivity contribution is 6.31. The number of carbonyl (C=O) groups is 1. The van der Waals surface area contributed by atoms with E-state index >= 15 is 0 Å². The van der Waals surface area contributed by atoms with Gasteiger partial charge in [0, 0.05) is 29.7 Å². The first-order valence-electron chi connectivity index (χ1n) is 6.67. The second kappa shape index (κ2) is 5.29. The standard InChI is InChI=1S/C15H15ClN2O2/c16-12-4-3-10-5-6-17-14(13(10)8-12)18-7-1-2-11(9-18)15(19)20/h3-6,8,11H,1-2,7,9H2,(H,19,20). The number of carboxylic acids is 1. The molecule has 0 amide bonds. The van der Waals surface area contributed by atoms with Gasteiger partial charge < -0.3 is 10.0 Å². The van der Waals surface area contributed by atoms with E-state index in [0.29, 0.717) is 11.6 Å². The van der Waals surface area contributed by atoms with Crippen LogP contribution in [0.4, 0.5) is 5.82 Å². The van der Waals surface area contributed by atoms with Crippen LogP contribution in [-0.2, 0) is 4.79 Å². The molecule has 2 heterocycles. The number of rotatable bonds is 2. The summed E-state index contributed by atoms with van der Waals surface area (Å²) in [5, 5.41) is 11.9. The quantitative estimate of drug-likeness (QED) is 0.923. The van der Waals surface area contributed by atoms with Crippen molar-refractivity contribution < 1.29 is 9.90 Å². The molecule has 104 valence electrons. The highest BCUT2D eigenvalue weighted by atomic mass is 35.5. The van der Waals surface area contributed by atoms with E-state index in [2.05, 4.69) is 9.88 Å². The zero-order valence-corrected chi connectivity index (χ0v) is 11.7. The molecule has 0 bridgehead atoms. The molecule has 0 aliphatic carbocycles. The van der Waals surface area contributed by atoms with Gasteiger partial charge in [-0.2, -0.15) is 0 Å². The summed E-state index contributed by atoms with van der Waals surface area (Å²) in [5.74, 6) is -0.219. The van der Waals surface area contributed by atoms with Crippen LogP contribution in [0, 0.1) is 5.92 Å². The summed E-state index contributed by atoms with van der Waals surface area (Å²) in [6.45, 7) is 1.34. The molecule has 0 spiro atoms. The summed E-state index contributed by atoms with van der Waals surface area (Å²) >= 11 is 6.07. The maximum absolute atomic E-state index is 11.2. The van der Waals surface area contributed by atoms with Crippen molar-refractivity contribution in [3.63, 3.8) is 0 Å². The summed E-state index contributed by atoms with van der Waals surface area (Å²) in [6.07, 6.45) is 3.36. The lowest BCUT2D eigenvalue weighted by atomic mass is 9.98. The number of hydrogen-bond acceptors (Lipinski definition) is 3. The summed E-state index contributed by atoms with van der Waals surface area (Å²) in [6, 6.07) is 7.64. The van der Waals surface area contributed by atoms with Gasteiger partial charge in [0.2, 0.25) is 0 Å². The minimum atomic E-state index is -0.729. The Balaban J connectivity index is 2.01. The molecule has 1 aromatic heterocycles. The summed E-state index contributed by atoms with van der Waals surface area (Å²) in [4.78, 5) is 17.7. The molecule has 1 aliphatic rings. The number of benzene rings is 1. The van der Waals surface area contributed by atoms with Crippen molar-refractivity contribution in [1.82, 2.24) is 4.98 Å². The highest BCUT2D eigenvalue weighted by Crippen LogP contribution is 2.30. The summed E-state index contributed by atoms with van der Waals surface area (Å²) < 4.78 is 0. The molecule has 1 aliphatic heterocycles. The largest absolute Gasteiger partial charge is 0.481 e. The summed E-state index contributed by atoms with van der Waals surface area (Å²) in [5.41, 5.74) is 0. The van der Waals surface area contributed by atoms with E-state index in [1.54, 1.807) is 6.20 Å². The SMILES string of the molecule is O=C(O)C1CCCN(c2nccc3ccc(Cl)cc23)C1. The third-order valence-corrected chi connectivity index (χ3v) is 4.01. The van der Waals surface area contributed by atoms with Crippen molar-refractivity contribution >= 4 is 34.2 Å². The molecular weight excluding hydrogens is 276 g/mol. The molecule has 0 radical (unpaired) electrons. The molecule has 1 fully saturated rings. The average molecular weight is 291 g/mol. The number of nitrogens with zero attached hydrogens (tertiary/aromatic N) is 2. The van der Waals surface area contributed by atoms with Crippen molar-refractivity contribution in [2.24, 2.45) is 5.92 Å². The molecule has 3 rings (SSSR count). The van der Waals surface area contributed by atoms with Gasteiger partial charge in [-0.05, 0) is 36.4 Å². The van der Waals surface area contributed by atoms with Gasteiger partial charge in [-0.1, -0.05) is 17.7 Å². The van der Waals surface area contributed by atoms with Gasteiger partial charge in [0.05, 0.1) is 5.92 Å². The molecule has 20 heavy (non-hydrogen) atoms. The van der Waals surface area contributed by atoms with Gasteiger partial charge in [-0.3, -0.25) is 4.79 Å². The van der Waals surface area contributed by atoms with Gasteiger partial charge in [-0.15, -0.1) is 0 Å². The van der Waals surface area contributed by atoms with Crippen LogP contribution in [0.1, 0.15) is 12.8 Å². The van der Waals surface area contributed by atoms with Crippen LogP contribution >= 0.6 is 11.6 Å². The molecule has 1 N–H and O–H groups in total. The molecule has 0 saturated carbocycles. The van der Waals surface area contributed by atoms with E-state index in [4.69, 9.17) is 11.6 Å². The number of halogens is 1. The number of aromatic nitrogens is 1. The average Bonchev–Trinajstić information content (AvgIpc) is 2.46. The number of anilines is 1. The van der Waals surface area contributed by atoms with Gasteiger partial charge in [0.1, 0.15) is 5.82 Å². The number of hydrogen-bond donors (Lipinski definition) is 1. The third-order valence-electron chi connectivity index (χ3n) is 3.78. The van der Waals surface area contributed by atoms with Gasteiger partial charge in [0.25, 0.3) is 0 Å². The fourth-order valence-corrected chi connectivity index (χ4v) is 2.92. The van der Waals surface area contributed by atoms with Crippen molar-refractivity contribution in [2.45, 2.75) is 12.8 Å². The monoisotopic (exact) mass is 290 g/mol. The number of pyridine rings is 1. The van der Waals surface area contributed by atoms with Crippen LogP contribution in [0.15, 0.2) is 30.5 Å². The molecule has 2 aromatic rings. The number of fused-ring (bicyclic) bond motifs is 1. The number of aliphatic carboxylic acids is 1. The minimum absolute atomic E-state index is 0.319. The van der Waals surface area contributed by atoms with Crippen LogP contribution in [0.3, 0.4) is 0 Å². The Labute approximate surface area is 122 Å². The fourth-order valence-electron chi connectivity index (χ4n) is 2.75. The Hall–Kier alpha value is -1.81. The van der Waals surface area contributed by atoms with E-state index in [-0.39, 0.29) is 5.92 Å². The predicted molar refractivity (Wildman–Crippen MR) is 79.3 cm³/mol. The van der Waals surface area contributed by atoms with Gasteiger partial charge >= 0.3 is 5.97 Å². The lowest BCUT2D eigenvalue weighted by Crippen LogP contribution is -2.39. The second-order valence-corrected chi connectivity index (χ2v) is 5.56. The zero-order valence-electron chi connectivity index (χ0n) is 10.9. The van der Waals surface area contributed by atoms with Crippen molar-refractivity contribution in [3.8, 4) is 0 Å². The Morgan fingerprint density at radius 2 is 2.25 bits per heavy atom. The molecule has 1 saturated heterocycles. The van der Waals surface area contributed by atoms with Crippen molar-refractivity contribution in [1.29, 1.82) is 0 Å². The van der Waals surface area contributed by atoms with E-state index < -0.39 is 5.97 Å². The molecule has 5 heteroatoms. The Morgan fingerprint density at radius 1 is 1.40 bits per heavy atom. The lowest BCUT2D eigenvalue weighted by molar-refractivity contribution is -0.141. The van der Waals surface area contributed by atoms with Gasteiger partial charge in [-0.25, -0.2) is 4.98 Å². The smallest absolute Gasteiger partial charge is 0.308 e. The molecule has 4 nitrogen and oxygen atoms in total. The van der Waals surface area contributed by atoms with E-state index in [9.17, 15) is 9.90 Å². The third kappa shape index (κ3) is 2.43. The van der Waals surface area contributed by atoms with Crippen LogP contribution in [0.25, 0.3) is 10.8 Å². The first-order valence-corrected chi connectivity index (χ1v) is 7.05. The van der Waals surface area contributed by atoms with Crippen molar-refractivity contribution in [3.05, 3.63) is 35.5 Å². The Kier molecular flexibility index (Phi) is 3.49. The van der Waals surface area contributed by atoms with Crippen LogP contribution < -0.4 is 4.90 Å². The molecule has 1 unspecified atom stereocenters. The molecule has 1 aromatic carbocycles. The lowest BCUT2D eigenvalue weighted by Gasteiger charge is -2.32. The maximum Gasteiger partial charge on any atom is 0.308 e. The van der Waals surface area contributed by atoms with Crippen LogP contribution in [-0.4, -0.2) is 29.1 Å². The van der Waals surface area contributed by atoms with E-state index in [0.717, 1.165) is 36.0 Å². The van der Waals surface area contributed by atoms with E-state index in [1.807, 2.05) is 24.3 Å². The first kappa shape index (κ1) is 13.2. The zero-order chi connectivity index (χ0) is 14.1. The normalized spacial score (nSPS) is 19.2. The predicted octanol–water partition coefficient (Wildman–Crippen LogP) is 3.19. The number of carboxylic acid groups (broad SMARTS) is 1. The van der Waals surface area contributed by atoms with E-state index in [1.165, 1.54) is 0 Å². The molecule has 1 atom stereocenters. The minimum Gasteiger partial charge on any atom is -0.481 e. The Morgan fingerprint density at radius 3 is 3.05 bits per heavy atom. The fraction of sp³-hybridized carbons (Fsp3) is 0.333. The maximum atomic E-state index is 11.2.